The van der Waals surface area contributed by atoms with Gasteiger partial charge >= 0.3 is 0 Å². The Morgan fingerprint density at radius 1 is 1.10 bits per heavy atom. The normalized spacial score (nSPS) is 15.3. The van der Waals surface area contributed by atoms with E-state index in [0.717, 1.165) is 35.7 Å². The molecule has 1 fully saturated rings. The standard InChI is InChI=1S/C22H27N5O4/c1-29-15-16-4-3-5-17(12-16)18-6-7-27(25-18)21-13-20(26-8-10-31-11-9-26)23-22(24-21)19(14-28)30-2/h3-7,12-13,19,28H,8-11,14-15H2,1-2H3. The van der Waals surface area contributed by atoms with Gasteiger partial charge in [0.1, 0.15) is 11.9 Å². The smallest absolute Gasteiger partial charge is 0.164 e. The molecule has 0 aliphatic carbocycles. The second-order valence-corrected chi connectivity index (χ2v) is 7.23. The maximum absolute atomic E-state index is 9.69. The van der Waals surface area contributed by atoms with Gasteiger partial charge in [-0.15, -0.1) is 0 Å². The summed E-state index contributed by atoms with van der Waals surface area (Å²) in [5.41, 5.74) is 2.91. The van der Waals surface area contributed by atoms with Gasteiger partial charge in [0.25, 0.3) is 0 Å². The number of ether oxygens (including phenoxy) is 3. The minimum Gasteiger partial charge on any atom is -0.393 e. The van der Waals surface area contributed by atoms with E-state index in [1.807, 2.05) is 36.5 Å². The van der Waals surface area contributed by atoms with Crippen LogP contribution < -0.4 is 4.90 Å². The molecule has 3 heterocycles. The molecule has 31 heavy (non-hydrogen) atoms. The molecular weight excluding hydrogens is 398 g/mol. The Bertz CT molecular complexity index is 999. The monoisotopic (exact) mass is 425 g/mol. The van der Waals surface area contributed by atoms with Crippen LogP contribution in [0.2, 0.25) is 0 Å². The third-order valence-corrected chi connectivity index (χ3v) is 5.15. The molecule has 0 amide bonds. The van der Waals surface area contributed by atoms with E-state index in [-0.39, 0.29) is 6.61 Å². The highest BCUT2D eigenvalue weighted by atomic mass is 16.5. The van der Waals surface area contributed by atoms with Crippen LogP contribution in [-0.4, -0.2) is 72.0 Å². The molecule has 0 bridgehead atoms. The lowest BCUT2D eigenvalue weighted by Crippen LogP contribution is -2.37. The van der Waals surface area contributed by atoms with Crippen LogP contribution in [0.4, 0.5) is 5.82 Å². The first-order valence-electron chi connectivity index (χ1n) is 10.2. The van der Waals surface area contributed by atoms with Crippen LogP contribution in [0.5, 0.6) is 0 Å². The van der Waals surface area contributed by atoms with E-state index in [1.165, 1.54) is 7.11 Å². The molecule has 164 valence electrons. The van der Waals surface area contributed by atoms with Crippen molar-refractivity contribution in [1.29, 1.82) is 0 Å². The first-order chi connectivity index (χ1) is 15.2. The Kier molecular flexibility index (Phi) is 6.88. The van der Waals surface area contributed by atoms with Gasteiger partial charge in [-0.25, -0.2) is 14.6 Å². The molecule has 2 aromatic heterocycles. The van der Waals surface area contributed by atoms with Crippen LogP contribution in [0.1, 0.15) is 17.5 Å². The van der Waals surface area contributed by atoms with Crippen molar-refractivity contribution in [2.45, 2.75) is 12.7 Å². The average Bonchev–Trinajstić information content (AvgIpc) is 3.31. The van der Waals surface area contributed by atoms with Crippen molar-refractivity contribution in [3.8, 4) is 17.1 Å². The van der Waals surface area contributed by atoms with Crippen molar-refractivity contribution in [3.63, 3.8) is 0 Å². The number of aromatic nitrogens is 4. The van der Waals surface area contributed by atoms with Crippen LogP contribution in [0, 0.1) is 0 Å². The largest absolute Gasteiger partial charge is 0.393 e. The van der Waals surface area contributed by atoms with E-state index in [4.69, 9.17) is 19.3 Å². The predicted molar refractivity (Wildman–Crippen MR) is 115 cm³/mol. The van der Waals surface area contributed by atoms with Gasteiger partial charge in [-0.3, -0.25) is 0 Å². The van der Waals surface area contributed by atoms with Gasteiger partial charge in [0, 0.05) is 45.1 Å². The van der Waals surface area contributed by atoms with Gasteiger partial charge in [0.2, 0.25) is 0 Å². The van der Waals surface area contributed by atoms with Crippen molar-refractivity contribution in [3.05, 3.63) is 54.0 Å². The average molecular weight is 425 g/mol. The van der Waals surface area contributed by atoms with Gasteiger partial charge in [-0.05, 0) is 17.7 Å². The van der Waals surface area contributed by atoms with Crippen LogP contribution in [0.3, 0.4) is 0 Å². The summed E-state index contributed by atoms with van der Waals surface area (Å²) in [5, 5.41) is 14.4. The Morgan fingerprint density at radius 3 is 2.65 bits per heavy atom. The lowest BCUT2D eigenvalue weighted by Gasteiger charge is -2.28. The number of hydrogen-bond donors (Lipinski definition) is 1. The molecule has 1 N–H and O–H groups in total. The predicted octanol–water partition coefficient (Wildman–Crippen LogP) is 1.99. The molecule has 9 heteroatoms. The second kappa shape index (κ2) is 9.97. The summed E-state index contributed by atoms with van der Waals surface area (Å²) < 4.78 is 17.8. The lowest BCUT2D eigenvalue weighted by molar-refractivity contribution is 0.0422. The van der Waals surface area contributed by atoms with Crippen LogP contribution in [-0.2, 0) is 20.8 Å². The summed E-state index contributed by atoms with van der Waals surface area (Å²) in [6.07, 6.45) is 1.26. The molecule has 4 rings (SSSR count). The van der Waals surface area contributed by atoms with Crippen LogP contribution in [0.15, 0.2) is 42.6 Å². The van der Waals surface area contributed by atoms with E-state index in [1.54, 1.807) is 11.8 Å². The maximum Gasteiger partial charge on any atom is 0.164 e. The third kappa shape index (κ3) is 4.91. The van der Waals surface area contributed by atoms with E-state index in [0.29, 0.717) is 31.5 Å². The molecule has 0 radical (unpaired) electrons. The molecule has 1 saturated heterocycles. The topological polar surface area (TPSA) is 94.8 Å². The highest BCUT2D eigenvalue weighted by Crippen LogP contribution is 2.23. The Labute approximate surface area is 181 Å². The van der Waals surface area contributed by atoms with Gasteiger partial charge < -0.3 is 24.2 Å². The number of methoxy groups -OCH3 is 2. The first kappa shape index (κ1) is 21.4. The lowest BCUT2D eigenvalue weighted by atomic mass is 10.1. The highest BCUT2D eigenvalue weighted by Gasteiger charge is 2.20. The second-order valence-electron chi connectivity index (χ2n) is 7.23. The van der Waals surface area contributed by atoms with E-state index in [9.17, 15) is 5.11 Å². The fraction of sp³-hybridized carbons (Fsp3) is 0.409. The molecule has 0 saturated carbocycles. The van der Waals surface area contributed by atoms with Crippen LogP contribution in [0.25, 0.3) is 17.1 Å². The molecule has 9 nitrogen and oxygen atoms in total. The molecule has 1 unspecified atom stereocenters. The SMILES string of the molecule is COCc1cccc(-c2ccn(-c3cc(N4CCOCC4)nc(C(CO)OC)n3)n2)c1. The first-order valence-corrected chi connectivity index (χ1v) is 10.2. The fourth-order valence-electron chi connectivity index (χ4n) is 3.51. The zero-order valence-corrected chi connectivity index (χ0v) is 17.8. The quantitative estimate of drug-likeness (QED) is 0.586. The van der Waals surface area contributed by atoms with E-state index in [2.05, 4.69) is 20.9 Å². The van der Waals surface area contributed by atoms with Gasteiger partial charge in [-0.1, -0.05) is 18.2 Å². The van der Waals surface area contributed by atoms with Crippen molar-refractivity contribution >= 4 is 5.82 Å². The number of hydrogen-bond acceptors (Lipinski definition) is 8. The van der Waals surface area contributed by atoms with Crippen molar-refractivity contribution in [1.82, 2.24) is 19.7 Å². The van der Waals surface area contributed by atoms with E-state index >= 15 is 0 Å². The molecule has 3 aromatic rings. The van der Waals surface area contributed by atoms with Crippen molar-refractivity contribution in [2.24, 2.45) is 0 Å². The summed E-state index contributed by atoms with van der Waals surface area (Å²) in [5.74, 6) is 1.79. The summed E-state index contributed by atoms with van der Waals surface area (Å²) >= 11 is 0. The maximum atomic E-state index is 9.69. The molecule has 1 aliphatic rings. The highest BCUT2D eigenvalue weighted by molar-refractivity contribution is 5.60. The number of nitrogens with zero attached hydrogens (tertiary/aromatic N) is 5. The summed E-state index contributed by atoms with van der Waals surface area (Å²) in [4.78, 5) is 11.4. The van der Waals surface area contributed by atoms with Crippen molar-refractivity contribution < 1.29 is 19.3 Å². The number of aliphatic hydroxyl groups excluding tert-OH is 1. The molecule has 1 atom stereocenters. The van der Waals surface area contributed by atoms with Crippen LogP contribution >= 0.6 is 0 Å². The third-order valence-electron chi connectivity index (χ3n) is 5.15. The number of morpholine rings is 1. The number of benzene rings is 1. The minimum absolute atomic E-state index is 0.209. The molecular formula is C22H27N5O4. The fourth-order valence-corrected chi connectivity index (χ4v) is 3.51. The number of anilines is 1. The van der Waals surface area contributed by atoms with Gasteiger partial charge in [0.05, 0.1) is 32.1 Å². The minimum atomic E-state index is -0.611. The zero-order valence-electron chi connectivity index (χ0n) is 17.8. The molecule has 0 spiro atoms. The summed E-state index contributed by atoms with van der Waals surface area (Å²) in [6, 6.07) is 11.9. The zero-order chi connectivity index (χ0) is 21.6. The Balaban J connectivity index is 1.70. The molecule has 1 aliphatic heterocycles. The Hall–Kier alpha value is -2.85. The van der Waals surface area contributed by atoms with E-state index < -0.39 is 6.10 Å². The Morgan fingerprint density at radius 2 is 1.90 bits per heavy atom. The number of aliphatic hydroxyl groups is 1. The molecule has 1 aromatic carbocycles. The van der Waals surface area contributed by atoms with Gasteiger partial charge in [-0.2, -0.15) is 5.10 Å². The summed E-state index contributed by atoms with van der Waals surface area (Å²) in [6.45, 7) is 3.11. The summed E-state index contributed by atoms with van der Waals surface area (Å²) in [7, 11) is 3.21. The van der Waals surface area contributed by atoms with Crippen molar-refractivity contribution in [2.75, 3.05) is 52.0 Å². The number of rotatable bonds is 8. The van der Waals surface area contributed by atoms with Gasteiger partial charge in [0.15, 0.2) is 11.6 Å².